The maximum atomic E-state index is 12.6. The summed E-state index contributed by atoms with van der Waals surface area (Å²) in [6.07, 6.45) is 5.00. The molecule has 0 spiro atoms. The van der Waals surface area contributed by atoms with E-state index in [4.69, 9.17) is 5.73 Å². The number of hydrogen-bond acceptors (Lipinski definition) is 3. The van der Waals surface area contributed by atoms with Crippen LogP contribution in [0.15, 0.2) is 0 Å². The first-order chi connectivity index (χ1) is 9.99. The second-order valence-corrected chi connectivity index (χ2v) is 6.94. The van der Waals surface area contributed by atoms with Crippen molar-refractivity contribution in [1.29, 1.82) is 0 Å². The summed E-state index contributed by atoms with van der Waals surface area (Å²) in [6, 6.07) is 0.606. The van der Waals surface area contributed by atoms with Gasteiger partial charge in [0.1, 0.15) is 0 Å². The molecule has 1 saturated heterocycles. The number of hydrogen-bond donors (Lipinski definition) is 2. The Hall–Kier alpha value is -0.610. The van der Waals surface area contributed by atoms with Crippen LogP contribution in [0.5, 0.6) is 0 Å². The molecule has 1 atom stereocenters. The number of nitrogens with one attached hydrogen (secondary N) is 1. The molecule has 1 rings (SSSR count). The van der Waals surface area contributed by atoms with Crippen molar-refractivity contribution in [3.05, 3.63) is 0 Å². The van der Waals surface area contributed by atoms with Gasteiger partial charge in [0.25, 0.3) is 0 Å². The van der Waals surface area contributed by atoms with Crippen LogP contribution in [0.1, 0.15) is 59.8 Å². The second-order valence-electron chi connectivity index (χ2n) is 6.94. The molecule has 21 heavy (non-hydrogen) atoms. The van der Waals surface area contributed by atoms with Crippen LogP contribution < -0.4 is 11.1 Å². The Bertz CT molecular complexity index is 311. The Labute approximate surface area is 130 Å². The highest BCUT2D eigenvalue weighted by molar-refractivity contribution is 5.82. The fourth-order valence-electron chi connectivity index (χ4n) is 3.53. The number of rotatable bonds is 9. The summed E-state index contributed by atoms with van der Waals surface area (Å²) >= 11 is 0. The standard InChI is InChI=1S/C17H35N3O/c1-5-8-17(13-18,9-6-2)16(21)19-11-15-7-10-20(12-15)14(3)4/h14-15H,5-13,18H2,1-4H3,(H,19,21). The largest absolute Gasteiger partial charge is 0.355 e. The summed E-state index contributed by atoms with van der Waals surface area (Å²) in [6.45, 7) is 12.3. The van der Waals surface area contributed by atoms with Crippen LogP contribution in [0.4, 0.5) is 0 Å². The van der Waals surface area contributed by atoms with E-state index in [0.717, 1.165) is 45.3 Å². The minimum atomic E-state index is -0.347. The SMILES string of the molecule is CCCC(CN)(CCC)C(=O)NCC1CCN(C(C)C)C1. The fourth-order valence-corrected chi connectivity index (χ4v) is 3.53. The van der Waals surface area contributed by atoms with E-state index in [1.54, 1.807) is 0 Å². The third-order valence-corrected chi connectivity index (χ3v) is 4.93. The van der Waals surface area contributed by atoms with Gasteiger partial charge in [-0.1, -0.05) is 26.7 Å². The lowest BCUT2D eigenvalue weighted by Gasteiger charge is -2.31. The molecule has 1 aliphatic rings. The van der Waals surface area contributed by atoms with E-state index in [2.05, 4.69) is 37.9 Å². The molecule has 0 saturated carbocycles. The zero-order chi connectivity index (χ0) is 15.9. The van der Waals surface area contributed by atoms with Crippen molar-refractivity contribution in [2.24, 2.45) is 17.1 Å². The first-order valence-electron chi connectivity index (χ1n) is 8.71. The normalized spacial score (nSPS) is 20.2. The third-order valence-electron chi connectivity index (χ3n) is 4.93. The average Bonchev–Trinajstić information content (AvgIpc) is 2.93. The summed E-state index contributed by atoms with van der Waals surface area (Å²) in [7, 11) is 0. The molecule has 1 amide bonds. The number of carbonyl (C=O) groups is 1. The van der Waals surface area contributed by atoms with Gasteiger partial charge in [-0.05, 0) is 45.6 Å². The molecule has 1 unspecified atom stereocenters. The summed E-state index contributed by atoms with van der Waals surface area (Å²) in [5.41, 5.74) is 5.61. The monoisotopic (exact) mass is 297 g/mol. The van der Waals surface area contributed by atoms with Crippen LogP contribution in [0.25, 0.3) is 0 Å². The van der Waals surface area contributed by atoms with E-state index >= 15 is 0 Å². The molecular formula is C17H35N3O. The molecule has 0 aromatic rings. The lowest BCUT2D eigenvalue weighted by atomic mass is 9.78. The van der Waals surface area contributed by atoms with Crippen LogP contribution in [0.3, 0.4) is 0 Å². The highest BCUT2D eigenvalue weighted by Crippen LogP contribution is 2.29. The molecule has 124 valence electrons. The number of amides is 1. The van der Waals surface area contributed by atoms with Gasteiger partial charge >= 0.3 is 0 Å². The highest BCUT2D eigenvalue weighted by Gasteiger charge is 2.35. The predicted molar refractivity (Wildman–Crippen MR) is 89.1 cm³/mol. The van der Waals surface area contributed by atoms with Crippen molar-refractivity contribution in [2.45, 2.75) is 65.8 Å². The minimum Gasteiger partial charge on any atom is -0.355 e. The Morgan fingerprint density at radius 1 is 1.33 bits per heavy atom. The first kappa shape index (κ1) is 18.4. The van der Waals surface area contributed by atoms with Crippen molar-refractivity contribution in [3.63, 3.8) is 0 Å². The minimum absolute atomic E-state index is 0.177. The fraction of sp³-hybridized carbons (Fsp3) is 0.941. The molecule has 1 fully saturated rings. The van der Waals surface area contributed by atoms with Crippen LogP contribution in [0.2, 0.25) is 0 Å². The molecule has 0 aromatic carbocycles. The van der Waals surface area contributed by atoms with Gasteiger partial charge in [-0.25, -0.2) is 0 Å². The molecule has 0 radical (unpaired) electrons. The molecular weight excluding hydrogens is 262 g/mol. The number of nitrogens with two attached hydrogens (primary N) is 1. The van der Waals surface area contributed by atoms with Gasteiger partial charge in [0.15, 0.2) is 0 Å². The van der Waals surface area contributed by atoms with Crippen LogP contribution in [0, 0.1) is 11.3 Å². The second kappa shape index (κ2) is 8.74. The van der Waals surface area contributed by atoms with Gasteiger partial charge in [-0.15, -0.1) is 0 Å². The van der Waals surface area contributed by atoms with E-state index < -0.39 is 0 Å². The molecule has 4 heteroatoms. The summed E-state index contributed by atoms with van der Waals surface area (Å²) in [5.74, 6) is 0.770. The van der Waals surface area contributed by atoms with E-state index in [1.807, 2.05) is 0 Å². The van der Waals surface area contributed by atoms with E-state index in [1.165, 1.54) is 6.42 Å². The lowest BCUT2D eigenvalue weighted by Crippen LogP contribution is -2.47. The van der Waals surface area contributed by atoms with Crippen molar-refractivity contribution in [3.8, 4) is 0 Å². The van der Waals surface area contributed by atoms with Crippen LogP contribution >= 0.6 is 0 Å². The van der Waals surface area contributed by atoms with Crippen molar-refractivity contribution in [1.82, 2.24) is 10.2 Å². The van der Waals surface area contributed by atoms with E-state index in [9.17, 15) is 4.79 Å². The van der Waals surface area contributed by atoms with E-state index in [0.29, 0.717) is 18.5 Å². The maximum Gasteiger partial charge on any atom is 0.227 e. The quantitative estimate of drug-likeness (QED) is 0.687. The number of nitrogens with zero attached hydrogens (tertiary/aromatic N) is 1. The molecule has 3 N–H and O–H groups in total. The Balaban J connectivity index is 2.50. The van der Waals surface area contributed by atoms with Crippen LogP contribution in [-0.4, -0.2) is 43.0 Å². The molecule has 4 nitrogen and oxygen atoms in total. The van der Waals surface area contributed by atoms with Gasteiger partial charge in [-0.3, -0.25) is 4.79 Å². The number of likely N-dealkylation sites (tertiary alicyclic amines) is 1. The number of carbonyl (C=O) groups excluding carboxylic acids is 1. The Kier molecular flexibility index (Phi) is 7.67. The van der Waals surface area contributed by atoms with Crippen LogP contribution in [-0.2, 0) is 4.79 Å². The van der Waals surface area contributed by atoms with Gasteiger partial charge < -0.3 is 16.0 Å². The summed E-state index contributed by atoms with van der Waals surface area (Å²) < 4.78 is 0. The van der Waals surface area contributed by atoms with Gasteiger partial charge in [0.05, 0.1) is 5.41 Å². The average molecular weight is 297 g/mol. The zero-order valence-electron chi connectivity index (χ0n) is 14.5. The Morgan fingerprint density at radius 2 is 1.95 bits per heavy atom. The molecule has 1 aliphatic heterocycles. The van der Waals surface area contributed by atoms with Gasteiger partial charge in [-0.2, -0.15) is 0 Å². The van der Waals surface area contributed by atoms with E-state index in [-0.39, 0.29) is 11.3 Å². The Morgan fingerprint density at radius 3 is 2.38 bits per heavy atom. The maximum absolute atomic E-state index is 12.6. The predicted octanol–water partition coefficient (Wildman–Crippen LogP) is 2.38. The molecule has 0 aromatic heterocycles. The first-order valence-corrected chi connectivity index (χ1v) is 8.71. The summed E-state index contributed by atoms with van der Waals surface area (Å²) in [4.78, 5) is 15.1. The highest BCUT2D eigenvalue weighted by atomic mass is 16.2. The van der Waals surface area contributed by atoms with Gasteiger partial charge in [0.2, 0.25) is 5.91 Å². The third kappa shape index (κ3) is 4.96. The summed E-state index contributed by atoms with van der Waals surface area (Å²) in [5, 5.41) is 3.20. The lowest BCUT2D eigenvalue weighted by molar-refractivity contribution is -0.131. The van der Waals surface area contributed by atoms with Crippen molar-refractivity contribution in [2.75, 3.05) is 26.2 Å². The topological polar surface area (TPSA) is 58.4 Å². The molecule has 0 bridgehead atoms. The smallest absolute Gasteiger partial charge is 0.227 e. The van der Waals surface area contributed by atoms with Crippen molar-refractivity contribution < 1.29 is 4.79 Å². The zero-order valence-corrected chi connectivity index (χ0v) is 14.5. The van der Waals surface area contributed by atoms with Crippen molar-refractivity contribution >= 4 is 5.91 Å². The van der Waals surface area contributed by atoms with Gasteiger partial charge in [0, 0.05) is 25.7 Å². The molecule has 1 heterocycles. The molecule has 0 aliphatic carbocycles.